The van der Waals surface area contributed by atoms with Gasteiger partial charge in [0.25, 0.3) is 0 Å². The fourth-order valence-electron chi connectivity index (χ4n) is 3.13. The minimum absolute atomic E-state index is 0.0659. The van der Waals surface area contributed by atoms with Gasteiger partial charge in [0.2, 0.25) is 0 Å². The van der Waals surface area contributed by atoms with Crippen molar-refractivity contribution in [3.05, 3.63) is 16.0 Å². The molecule has 2 aliphatic rings. The van der Waals surface area contributed by atoms with Crippen molar-refractivity contribution < 1.29 is 24.6 Å². The van der Waals surface area contributed by atoms with Gasteiger partial charge in [-0.05, 0) is 30.9 Å². The maximum atomic E-state index is 11.6. The summed E-state index contributed by atoms with van der Waals surface area (Å²) >= 11 is 1.17. The number of nitrogens with one attached hydrogen (secondary N) is 1. The van der Waals surface area contributed by atoms with Crippen LogP contribution >= 0.6 is 11.3 Å². The molecule has 112 valence electrons. The molecule has 1 fully saturated rings. The second-order valence-electron chi connectivity index (χ2n) is 5.28. The molecule has 1 aromatic heterocycles. The molecule has 8 heteroatoms. The molecule has 2 aliphatic heterocycles. The minimum Gasteiger partial charge on any atom is -0.478 e. The second kappa shape index (κ2) is 5.12. The van der Waals surface area contributed by atoms with Gasteiger partial charge in [0, 0.05) is 18.0 Å². The van der Waals surface area contributed by atoms with Crippen molar-refractivity contribution in [2.45, 2.75) is 25.3 Å². The number of carbonyl (C=O) groups is 3. The van der Waals surface area contributed by atoms with E-state index >= 15 is 0 Å². The highest BCUT2D eigenvalue weighted by Gasteiger charge is 2.36. The summed E-state index contributed by atoms with van der Waals surface area (Å²) < 4.78 is 0. The number of aliphatic carboxylic acids is 1. The van der Waals surface area contributed by atoms with E-state index < -0.39 is 17.8 Å². The smallest absolute Gasteiger partial charge is 0.394 e. The summed E-state index contributed by atoms with van der Waals surface area (Å²) in [5.41, 5.74) is 0.847. The lowest BCUT2D eigenvalue weighted by Crippen LogP contribution is -2.38. The Bertz CT molecular complexity index is 639. The molecule has 3 rings (SSSR count). The van der Waals surface area contributed by atoms with Crippen LogP contribution in [0, 0.1) is 0 Å². The second-order valence-corrected chi connectivity index (χ2v) is 6.39. The number of thiophene rings is 1. The summed E-state index contributed by atoms with van der Waals surface area (Å²) in [6.45, 7) is 2.49. The molecule has 0 aliphatic carbocycles. The average molecular weight is 310 g/mol. The number of fused-ring (bicyclic) bond motifs is 4. The summed E-state index contributed by atoms with van der Waals surface area (Å²) in [5.74, 6) is -3.80. The van der Waals surface area contributed by atoms with Gasteiger partial charge in [0.1, 0.15) is 5.00 Å². The molecule has 1 saturated heterocycles. The van der Waals surface area contributed by atoms with E-state index in [1.165, 1.54) is 11.3 Å². The molecule has 2 bridgehead atoms. The molecule has 0 saturated carbocycles. The lowest BCUT2D eigenvalue weighted by atomic mass is 9.85. The van der Waals surface area contributed by atoms with E-state index in [1.54, 1.807) is 0 Å². The number of aromatic carboxylic acids is 1. The normalized spacial score (nSPS) is 23.2. The average Bonchev–Trinajstić information content (AvgIpc) is 2.77. The van der Waals surface area contributed by atoms with Crippen LogP contribution in [0.2, 0.25) is 0 Å². The lowest BCUT2D eigenvalue weighted by molar-refractivity contribution is -0.147. The summed E-state index contributed by atoms with van der Waals surface area (Å²) in [5, 5.41) is 20.5. The van der Waals surface area contributed by atoms with Gasteiger partial charge in [-0.15, -0.1) is 11.3 Å². The van der Waals surface area contributed by atoms with Gasteiger partial charge in [-0.2, -0.15) is 0 Å². The summed E-state index contributed by atoms with van der Waals surface area (Å²) in [6, 6.07) is 0. The van der Waals surface area contributed by atoms with E-state index in [-0.39, 0.29) is 16.5 Å². The SMILES string of the molecule is O=C(O)C(=O)Nc1sc2c(c1C(=O)O)C1CCCN(C2)C1. The maximum Gasteiger partial charge on any atom is 0.394 e. The molecular weight excluding hydrogens is 296 g/mol. The molecule has 3 heterocycles. The van der Waals surface area contributed by atoms with E-state index in [2.05, 4.69) is 10.2 Å². The van der Waals surface area contributed by atoms with E-state index in [0.29, 0.717) is 6.54 Å². The number of hydrogen-bond acceptors (Lipinski definition) is 5. The molecule has 0 spiro atoms. The van der Waals surface area contributed by atoms with Crippen molar-refractivity contribution in [1.82, 2.24) is 4.90 Å². The molecule has 0 aromatic carbocycles. The monoisotopic (exact) mass is 310 g/mol. The molecule has 0 radical (unpaired) electrons. The Morgan fingerprint density at radius 1 is 1.29 bits per heavy atom. The van der Waals surface area contributed by atoms with Crippen LogP contribution in [-0.2, 0) is 16.1 Å². The van der Waals surface area contributed by atoms with Gasteiger partial charge >= 0.3 is 17.8 Å². The van der Waals surface area contributed by atoms with Gasteiger partial charge in [-0.3, -0.25) is 9.69 Å². The zero-order valence-electron chi connectivity index (χ0n) is 11.1. The molecule has 2 unspecified atom stereocenters. The van der Waals surface area contributed by atoms with Crippen molar-refractivity contribution in [2.24, 2.45) is 0 Å². The van der Waals surface area contributed by atoms with Crippen molar-refractivity contribution in [3.8, 4) is 0 Å². The van der Waals surface area contributed by atoms with Crippen molar-refractivity contribution in [2.75, 3.05) is 18.4 Å². The first-order valence-corrected chi connectivity index (χ1v) is 7.44. The van der Waals surface area contributed by atoms with E-state index in [9.17, 15) is 19.5 Å². The summed E-state index contributed by atoms with van der Waals surface area (Å²) in [6.07, 6.45) is 1.95. The van der Waals surface area contributed by atoms with E-state index in [0.717, 1.165) is 36.4 Å². The Labute approximate surface area is 124 Å². The third-order valence-corrected chi connectivity index (χ3v) is 5.04. The molecule has 7 nitrogen and oxygen atoms in total. The van der Waals surface area contributed by atoms with Crippen LogP contribution in [-0.4, -0.2) is 46.0 Å². The predicted molar refractivity (Wildman–Crippen MR) is 74.8 cm³/mol. The molecule has 2 atom stereocenters. The first-order chi connectivity index (χ1) is 9.97. The molecular formula is C13H14N2O5S. The number of carboxylic acid groups (broad SMARTS) is 2. The quantitative estimate of drug-likeness (QED) is 0.708. The Balaban J connectivity index is 2.04. The van der Waals surface area contributed by atoms with Crippen LogP contribution in [0.3, 0.4) is 0 Å². The largest absolute Gasteiger partial charge is 0.478 e. The molecule has 1 amide bonds. The maximum absolute atomic E-state index is 11.6. The zero-order valence-corrected chi connectivity index (χ0v) is 11.9. The van der Waals surface area contributed by atoms with E-state index in [4.69, 9.17) is 5.11 Å². The zero-order chi connectivity index (χ0) is 15.1. The number of hydrogen-bond donors (Lipinski definition) is 3. The van der Waals surface area contributed by atoms with Crippen LogP contribution in [0.25, 0.3) is 0 Å². The first kappa shape index (κ1) is 14.0. The third-order valence-electron chi connectivity index (χ3n) is 3.94. The molecule has 21 heavy (non-hydrogen) atoms. The Kier molecular flexibility index (Phi) is 3.42. The topological polar surface area (TPSA) is 107 Å². The molecule has 3 N–H and O–H groups in total. The molecule has 1 aromatic rings. The van der Waals surface area contributed by atoms with Crippen LogP contribution in [0.4, 0.5) is 5.00 Å². The van der Waals surface area contributed by atoms with Crippen LogP contribution in [0.5, 0.6) is 0 Å². The standard InChI is InChI=1S/C13H14N2O5S/c16-10(13(19)20)14-11-9(12(17)18)8-6-2-1-3-15(4-6)5-7(8)21-11/h6H,1-5H2,(H,14,16)(H,17,18)(H,19,20). The van der Waals surface area contributed by atoms with Crippen LogP contribution in [0.15, 0.2) is 0 Å². The van der Waals surface area contributed by atoms with Crippen molar-refractivity contribution in [3.63, 3.8) is 0 Å². The van der Waals surface area contributed by atoms with Gasteiger partial charge in [-0.25, -0.2) is 9.59 Å². The van der Waals surface area contributed by atoms with Gasteiger partial charge < -0.3 is 15.5 Å². The number of carboxylic acids is 2. The lowest BCUT2D eigenvalue weighted by Gasteiger charge is -2.37. The highest BCUT2D eigenvalue weighted by atomic mass is 32.1. The highest BCUT2D eigenvalue weighted by molar-refractivity contribution is 7.17. The number of nitrogens with zero attached hydrogens (tertiary/aromatic N) is 1. The van der Waals surface area contributed by atoms with Crippen molar-refractivity contribution >= 4 is 34.2 Å². The number of anilines is 1. The summed E-state index contributed by atoms with van der Waals surface area (Å²) in [4.78, 5) is 36.7. The predicted octanol–water partition coefficient (Wildman–Crippen LogP) is 1.16. The highest BCUT2D eigenvalue weighted by Crippen LogP contribution is 2.45. The van der Waals surface area contributed by atoms with Crippen LogP contribution in [0.1, 0.15) is 39.6 Å². The number of carbonyl (C=O) groups excluding carboxylic acids is 1. The summed E-state index contributed by atoms with van der Waals surface area (Å²) in [7, 11) is 0. The Morgan fingerprint density at radius 2 is 2.05 bits per heavy atom. The fourth-order valence-corrected chi connectivity index (χ4v) is 4.45. The Morgan fingerprint density at radius 3 is 2.71 bits per heavy atom. The minimum atomic E-state index is -1.62. The Hall–Kier alpha value is -1.93. The van der Waals surface area contributed by atoms with Gasteiger partial charge in [-0.1, -0.05) is 0 Å². The van der Waals surface area contributed by atoms with Gasteiger partial charge in [0.15, 0.2) is 0 Å². The van der Waals surface area contributed by atoms with Crippen molar-refractivity contribution in [1.29, 1.82) is 0 Å². The van der Waals surface area contributed by atoms with E-state index in [1.807, 2.05) is 0 Å². The van der Waals surface area contributed by atoms with Gasteiger partial charge in [0.05, 0.1) is 5.56 Å². The number of amides is 1. The van der Waals surface area contributed by atoms with Crippen LogP contribution < -0.4 is 5.32 Å². The fraction of sp³-hybridized carbons (Fsp3) is 0.462. The first-order valence-electron chi connectivity index (χ1n) is 6.63. The number of piperidine rings is 1. The third kappa shape index (κ3) is 2.40. The number of rotatable bonds is 2.